The van der Waals surface area contributed by atoms with Gasteiger partial charge in [-0.2, -0.15) is 0 Å². The minimum Gasteiger partial charge on any atom is -0.458 e. The third kappa shape index (κ3) is 10.1. The molecule has 0 amide bonds. The van der Waals surface area contributed by atoms with Crippen molar-refractivity contribution in [2.24, 2.45) is 70.0 Å². The monoisotopic (exact) mass is 939 g/mol. The lowest BCUT2D eigenvalue weighted by Gasteiger charge is -2.60. The predicted octanol–water partition coefficient (Wildman–Crippen LogP) is 14.1. The molecule has 6 aliphatic rings. The number of carbonyl (C=O) groups excluding carboxylic acids is 2. The van der Waals surface area contributed by atoms with Gasteiger partial charge in [-0.05, 0) is 146 Å². The molecule has 0 saturated heterocycles. The summed E-state index contributed by atoms with van der Waals surface area (Å²) in [6, 6.07) is 11.6. The van der Waals surface area contributed by atoms with Crippen molar-refractivity contribution in [3.63, 3.8) is 0 Å². The molecule has 66 heavy (non-hydrogen) atoms. The van der Waals surface area contributed by atoms with E-state index in [4.69, 9.17) is 9.47 Å². The van der Waals surface area contributed by atoms with Crippen molar-refractivity contribution in [3.05, 3.63) is 102 Å². The first-order valence-electron chi connectivity index (χ1n) is 25.1. The Morgan fingerprint density at radius 1 is 0.545 bits per heavy atom. The van der Waals surface area contributed by atoms with Crippen LogP contribution in [0.5, 0.6) is 0 Å². The van der Waals surface area contributed by atoms with Crippen molar-refractivity contribution in [1.82, 2.24) is 0 Å². The lowest BCUT2D eigenvalue weighted by molar-refractivity contribution is -0.385. The molecule has 6 aliphatic carbocycles. The van der Waals surface area contributed by atoms with Crippen LogP contribution in [0.4, 0.5) is 11.4 Å². The van der Waals surface area contributed by atoms with Crippen LogP contribution in [0.2, 0.25) is 39.3 Å². The normalized spacial score (nSPS) is 36.2. The molecule has 0 N–H and O–H groups in total. The number of ether oxygens (including phenoxy) is 2. The summed E-state index contributed by atoms with van der Waals surface area (Å²) in [5.74, 6) is 4.56. The maximum atomic E-state index is 13.1. The fourth-order valence-electron chi connectivity index (χ4n) is 14.4. The highest BCUT2D eigenvalue weighted by Crippen LogP contribution is 2.63. The number of allylic oxidation sites excluding steroid dienone is 4. The molecule has 2 aromatic carbocycles. The molecule has 0 radical (unpaired) electrons. The molecule has 0 spiro atoms. The van der Waals surface area contributed by atoms with E-state index in [1.54, 1.807) is 10.4 Å². The third-order valence-electron chi connectivity index (χ3n) is 18.1. The zero-order valence-electron chi connectivity index (χ0n) is 41.9. The summed E-state index contributed by atoms with van der Waals surface area (Å²) in [5.41, 5.74) is 1.30. The summed E-state index contributed by atoms with van der Waals surface area (Å²) in [4.78, 5) is 47.1. The van der Waals surface area contributed by atoms with Crippen LogP contribution in [0.25, 0.3) is 0 Å². The Bertz CT molecular complexity index is 2060. The minimum absolute atomic E-state index is 0.0119. The van der Waals surface area contributed by atoms with Gasteiger partial charge in [-0.15, -0.1) is 0 Å². The Morgan fingerprint density at radius 3 is 1.18 bits per heavy atom. The summed E-state index contributed by atoms with van der Waals surface area (Å²) < 4.78 is 12.4. The van der Waals surface area contributed by atoms with Gasteiger partial charge in [0.05, 0.1) is 37.1 Å². The molecule has 2 aromatic rings. The maximum Gasteiger partial charge on any atom is 0.338 e. The predicted molar refractivity (Wildman–Crippen MR) is 267 cm³/mol. The summed E-state index contributed by atoms with van der Waals surface area (Å²) in [6.45, 7) is 29.2. The van der Waals surface area contributed by atoms with E-state index in [2.05, 4.69) is 93.0 Å². The summed E-state index contributed by atoms with van der Waals surface area (Å²) >= 11 is 0. The van der Waals surface area contributed by atoms with E-state index in [0.717, 1.165) is 25.7 Å². The Kier molecular flexibility index (Phi) is 14.3. The number of nitro benzene ring substituents is 2. The molecule has 12 heteroatoms. The number of hydrogen-bond donors (Lipinski definition) is 0. The number of non-ortho nitro benzene ring substituents is 2. The molecule has 0 bridgehead atoms. The van der Waals surface area contributed by atoms with E-state index in [-0.39, 0.29) is 46.4 Å². The molecule has 4 saturated carbocycles. The fourth-order valence-corrected chi connectivity index (χ4v) is 17.7. The van der Waals surface area contributed by atoms with E-state index in [9.17, 15) is 29.8 Å². The molecule has 14 atom stereocenters. The van der Waals surface area contributed by atoms with Crippen LogP contribution in [0.15, 0.2) is 71.1 Å². The standard InChI is InChI=1S/2C27H39NO4Si/c2*1-17-7-12-23-22(13-17)25(32-26(29)19-8-10-20(11-9-19)28(30)31)15-24-18(2)14-21(33(4,5)6)16-27(23,24)3/h2*8-11,14,17-18,22-25H,7,12-13,15-16H2,1-6H3/t2*17-,18+,22-,23-,24-,25-,27-/m11/s1. The van der Waals surface area contributed by atoms with Crippen molar-refractivity contribution < 1.29 is 28.9 Å². The number of carbonyl (C=O) groups is 2. The van der Waals surface area contributed by atoms with Crippen LogP contribution in [-0.4, -0.2) is 50.1 Å². The molecule has 360 valence electrons. The summed E-state index contributed by atoms with van der Waals surface area (Å²) in [7, 11) is -2.73. The van der Waals surface area contributed by atoms with Crippen molar-refractivity contribution >= 4 is 39.5 Å². The fraction of sp³-hybridized carbons (Fsp3) is 0.667. The SMILES string of the molecule is C[C@@H]1CC[C@@H]2[C@@H](C1)[C@H](OC(=O)c1ccc([N+](=O)[O-])cc1)C[C@@H]1[C@@H](C)C=C([Si](C)(C)C)C[C@]21C.C[C@@H]1CC[C@@H]2[C@@H](C1)[C@H](OC(=O)c1ccc([N+](=O)[O-])cc1)C[C@@H]1[C@@H](C)C=C([Si](C)(C)C)C[C@]21C. The second kappa shape index (κ2) is 18.9. The van der Waals surface area contributed by atoms with Crippen LogP contribution in [0.3, 0.4) is 0 Å². The lowest BCUT2D eigenvalue weighted by atomic mass is 9.47. The molecular formula is C54H78N2O8Si2. The van der Waals surface area contributed by atoms with Crippen molar-refractivity contribution in [2.75, 3.05) is 0 Å². The Hall–Kier alpha value is -3.91. The van der Waals surface area contributed by atoms with Gasteiger partial charge in [0.15, 0.2) is 0 Å². The molecule has 8 rings (SSSR count). The number of benzene rings is 2. The van der Waals surface area contributed by atoms with Crippen LogP contribution < -0.4 is 0 Å². The van der Waals surface area contributed by atoms with E-state index < -0.39 is 26.0 Å². The zero-order chi connectivity index (χ0) is 48.3. The van der Waals surface area contributed by atoms with Gasteiger partial charge in [0.1, 0.15) is 12.2 Å². The minimum atomic E-state index is -1.36. The summed E-state index contributed by atoms with van der Waals surface area (Å²) in [6.07, 6.45) is 16.4. The van der Waals surface area contributed by atoms with Gasteiger partial charge in [-0.3, -0.25) is 20.2 Å². The molecule has 0 aromatic heterocycles. The van der Waals surface area contributed by atoms with E-state index in [0.29, 0.717) is 70.3 Å². The third-order valence-corrected chi connectivity index (χ3v) is 22.6. The van der Waals surface area contributed by atoms with Crippen molar-refractivity contribution in [2.45, 2.75) is 157 Å². The van der Waals surface area contributed by atoms with Crippen LogP contribution >= 0.6 is 0 Å². The van der Waals surface area contributed by atoms with Crippen molar-refractivity contribution in [1.29, 1.82) is 0 Å². The largest absolute Gasteiger partial charge is 0.458 e. The van der Waals surface area contributed by atoms with E-state index in [1.165, 1.54) is 87.1 Å². The first-order valence-corrected chi connectivity index (χ1v) is 32.1. The van der Waals surface area contributed by atoms with Gasteiger partial charge in [-0.1, -0.05) is 116 Å². The number of hydrogen-bond acceptors (Lipinski definition) is 8. The number of fused-ring (bicyclic) bond motifs is 6. The number of nitrogens with zero attached hydrogens (tertiary/aromatic N) is 2. The topological polar surface area (TPSA) is 139 Å². The zero-order valence-corrected chi connectivity index (χ0v) is 43.9. The lowest BCUT2D eigenvalue weighted by Crippen LogP contribution is -2.56. The second-order valence-electron chi connectivity index (χ2n) is 24.5. The second-order valence-corrected chi connectivity index (χ2v) is 34.8. The number of rotatable bonds is 8. The van der Waals surface area contributed by atoms with E-state index in [1.807, 2.05) is 0 Å². The highest BCUT2D eigenvalue weighted by Gasteiger charge is 2.59. The van der Waals surface area contributed by atoms with E-state index >= 15 is 0 Å². The van der Waals surface area contributed by atoms with Gasteiger partial charge >= 0.3 is 11.9 Å². The molecular weight excluding hydrogens is 861 g/mol. The van der Waals surface area contributed by atoms with Gasteiger partial charge in [0, 0.05) is 24.3 Å². The quantitative estimate of drug-likeness (QED) is 0.110. The van der Waals surface area contributed by atoms with Gasteiger partial charge in [0.2, 0.25) is 0 Å². The molecule has 0 heterocycles. The Balaban J connectivity index is 0.000000196. The molecule has 0 aliphatic heterocycles. The maximum absolute atomic E-state index is 13.1. The number of esters is 2. The number of nitro groups is 2. The first kappa shape index (κ1) is 50.0. The first-order chi connectivity index (χ1) is 30.8. The van der Waals surface area contributed by atoms with Crippen molar-refractivity contribution in [3.8, 4) is 0 Å². The average molecular weight is 939 g/mol. The summed E-state index contributed by atoms with van der Waals surface area (Å²) in [5, 5.41) is 25.3. The smallest absolute Gasteiger partial charge is 0.338 e. The van der Waals surface area contributed by atoms with Gasteiger partial charge in [-0.25, -0.2) is 9.59 Å². The van der Waals surface area contributed by atoms with Crippen LogP contribution in [-0.2, 0) is 9.47 Å². The highest BCUT2D eigenvalue weighted by atomic mass is 28.3. The van der Waals surface area contributed by atoms with Gasteiger partial charge < -0.3 is 9.47 Å². The van der Waals surface area contributed by atoms with Gasteiger partial charge in [0.25, 0.3) is 11.4 Å². The highest BCUT2D eigenvalue weighted by molar-refractivity contribution is 6.83. The van der Waals surface area contributed by atoms with Crippen LogP contribution in [0.1, 0.15) is 126 Å². The van der Waals surface area contributed by atoms with Crippen LogP contribution in [0, 0.1) is 90.2 Å². The molecule has 0 unspecified atom stereocenters. The Labute approximate surface area is 396 Å². The molecule has 10 nitrogen and oxygen atoms in total. The Morgan fingerprint density at radius 2 is 0.879 bits per heavy atom. The molecule has 4 fully saturated rings. The average Bonchev–Trinajstić information content (AvgIpc) is 3.24.